The van der Waals surface area contributed by atoms with Crippen molar-refractivity contribution < 1.29 is 33.5 Å². The first kappa shape index (κ1) is 38.1. The highest BCUT2D eigenvalue weighted by Gasteiger charge is 2.60. The summed E-state index contributed by atoms with van der Waals surface area (Å²) in [5.74, 6) is 0.506. The first-order chi connectivity index (χ1) is 22.9. The highest BCUT2D eigenvalue weighted by Crippen LogP contribution is 2.52. The van der Waals surface area contributed by atoms with Crippen molar-refractivity contribution in [3.05, 3.63) is 63.7 Å². The van der Waals surface area contributed by atoms with Gasteiger partial charge in [-0.1, -0.05) is 96.2 Å². The Hall–Kier alpha value is -1.71. The number of benzene rings is 2. The minimum atomic E-state index is -1.11. The van der Waals surface area contributed by atoms with E-state index < -0.39 is 36.3 Å². The quantitative estimate of drug-likeness (QED) is 0.141. The first-order valence-electron chi connectivity index (χ1n) is 18.3. The number of ether oxygens (including phenoxy) is 6. The Morgan fingerprint density at radius 2 is 1.38 bits per heavy atom. The van der Waals surface area contributed by atoms with Crippen LogP contribution in [0.3, 0.4) is 0 Å². The van der Waals surface area contributed by atoms with Gasteiger partial charge in [-0.3, -0.25) is 0 Å². The molecule has 1 unspecified atom stereocenters. The molecule has 47 heavy (non-hydrogen) atoms. The number of hydrogen-bond acceptors (Lipinski definition) is 7. The summed E-state index contributed by atoms with van der Waals surface area (Å²) in [6, 6.07) is 12.6. The molecule has 8 heteroatoms. The molecule has 0 radical (unpaired) electrons. The zero-order valence-electron chi connectivity index (χ0n) is 29.4. The third-order valence-corrected chi connectivity index (χ3v) is 9.67. The van der Waals surface area contributed by atoms with Gasteiger partial charge in [0, 0.05) is 43.4 Å². The van der Waals surface area contributed by atoms with E-state index in [1.165, 1.54) is 11.1 Å². The standard InChI is InChI=1S/C39H59ClO7/c1-6-11-19-42-27-34-36(43-20-12-7-2)37(44-21-13-8-3)38(45-22-14-9-4)39(47-34)26-35(41)46-33-25-32(40)30(24-31(33)39)23-29-17-15-28(10-5)16-18-29/h15-18,24-25,34-38,41H,6-14,19-23,26-27H2,1-5H3/t34-,35?,36-,37+,38-,39+/m1/s1. The molecule has 0 aliphatic carbocycles. The van der Waals surface area contributed by atoms with Gasteiger partial charge in [0.05, 0.1) is 6.61 Å². The Labute approximate surface area is 288 Å². The van der Waals surface area contributed by atoms with Gasteiger partial charge < -0.3 is 33.5 Å². The van der Waals surface area contributed by atoms with Crippen LogP contribution < -0.4 is 4.74 Å². The molecule has 1 spiro atoms. The topological polar surface area (TPSA) is 75.6 Å². The van der Waals surface area contributed by atoms with Gasteiger partial charge in [0.1, 0.15) is 35.8 Å². The minimum absolute atomic E-state index is 0.184. The third kappa shape index (κ3) is 9.94. The van der Waals surface area contributed by atoms with E-state index in [2.05, 4.69) is 65.0 Å². The third-order valence-electron chi connectivity index (χ3n) is 9.32. The van der Waals surface area contributed by atoms with Gasteiger partial charge in [-0.05, 0) is 67.3 Å². The lowest BCUT2D eigenvalue weighted by molar-refractivity contribution is -0.322. The maximum atomic E-state index is 11.3. The summed E-state index contributed by atoms with van der Waals surface area (Å²) in [6.07, 6.45) is 6.66. The van der Waals surface area contributed by atoms with Crippen LogP contribution in [0.25, 0.3) is 0 Å². The Bertz CT molecular complexity index is 1190. The van der Waals surface area contributed by atoms with Crippen molar-refractivity contribution in [2.24, 2.45) is 0 Å². The molecule has 2 aliphatic heterocycles. The summed E-state index contributed by atoms with van der Waals surface area (Å²) in [5.41, 5.74) is 3.18. The van der Waals surface area contributed by atoms with E-state index in [1.807, 2.05) is 6.07 Å². The SMILES string of the molecule is CCCCOC[C@H]1O[C@]2(CC(O)Oc3cc(Cl)c(Cc4ccc(CC)cc4)cc32)[C@H](OCCCC)[C@@H](OCCCC)[C@@H]1OCCCC. The number of halogens is 1. The molecule has 2 aromatic rings. The molecule has 0 bridgehead atoms. The van der Waals surface area contributed by atoms with Gasteiger partial charge in [0.15, 0.2) is 0 Å². The van der Waals surface area contributed by atoms with Crippen LogP contribution in [0.15, 0.2) is 36.4 Å². The maximum Gasteiger partial charge on any atom is 0.200 e. The summed E-state index contributed by atoms with van der Waals surface area (Å²) < 4.78 is 39.8. The fourth-order valence-corrected chi connectivity index (χ4v) is 6.76. The van der Waals surface area contributed by atoms with Crippen molar-refractivity contribution in [2.75, 3.05) is 33.0 Å². The second-order valence-corrected chi connectivity index (χ2v) is 13.5. The predicted molar refractivity (Wildman–Crippen MR) is 188 cm³/mol. The summed E-state index contributed by atoms with van der Waals surface area (Å²) in [6.45, 7) is 13.5. The van der Waals surface area contributed by atoms with Gasteiger partial charge in [0.25, 0.3) is 0 Å². The van der Waals surface area contributed by atoms with Crippen LogP contribution in [0.5, 0.6) is 5.75 Å². The average Bonchev–Trinajstić information content (AvgIpc) is 3.06. The van der Waals surface area contributed by atoms with Crippen LogP contribution >= 0.6 is 11.6 Å². The first-order valence-corrected chi connectivity index (χ1v) is 18.6. The Morgan fingerprint density at radius 1 is 0.787 bits per heavy atom. The molecular formula is C39H59ClO7. The lowest BCUT2D eigenvalue weighted by atomic mass is 9.75. The van der Waals surface area contributed by atoms with E-state index in [0.29, 0.717) is 50.2 Å². The number of fused-ring (bicyclic) bond motifs is 2. The van der Waals surface area contributed by atoms with Crippen LogP contribution in [0.2, 0.25) is 5.02 Å². The van der Waals surface area contributed by atoms with Crippen LogP contribution in [0, 0.1) is 0 Å². The number of hydrogen-bond donors (Lipinski definition) is 1. The lowest BCUT2D eigenvalue weighted by Crippen LogP contribution is -2.67. The van der Waals surface area contributed by atoms with Crippen LogP contribution in [-0.4, -0.2) is 68.8 Å². The van der Waals surface area contributed by atoms with E-state index in [4.69, 9.17) is 40.0 Å². The number of aliphatic hydroxyl groups is 1. The second-order valence-electron chi connectivity index (χ2n) is 13.1. The Balaban J connectivity index is 1.83. The maximum absolute atomic E-state index is 11.3. The van der Waals surface area contributed by atoms with Crippen LogP contribution in [-0.2, 0) is 42.1 Å². The van der Waals surface area contributed by atoms with E-state index in [-0.39, 0.29) is 6.42 Å². The Kier molecular flexibility index (Phi) is 15.8. The summed E-state index contributed by atoms with van der Waals surface area (Å²) in [4.78, 5) is 0. The normalized spacial score (nSPS) is 25.6. The molecule has 0 saturated carbocycles. The molecule has 2 aliphatic rings. The smallest absolute Gasteiger partial charge is 0.200 e. The van der Waals surface area contributed by atoms with Crippen molar-refractivity contribution in [1.29, 1.82) is 0 Å². The van der Waals surface area contributed by atoms with Gasteiger partial charge in [-0.2, -0.15) is 0 Å². The molecule has 1 fully saturated rings. The summed E-state index contributed by atoms with van der Waals surface area (Å²) in [7, 11) is 0. The molecule has 4 rings (SSSR count). The minimum Gasteiger partial charge on any atom is -0.465 e. The summed E-state index contributed by atoms with van der Waals surface area (Å²) >= 11 is 6.92. The lowest BCUT2D eigenvalue weighted by Gasteiger charge is -2.55. The highest BCUT2D eigenvalue weighted by molar-refractivity contribution is 6.31. The van der Waals surface area contributed by atoms with Crippen molar-refractivity contribution in [1.82, 2.24) is 0 Å². The molecule has 1 saturated heterocycles. The Morgan fingerprint density at radius 3 is 2.02 bits per heavy atom. The number of rotatable bonds is 20. The summed E-state index contributed by atoms with van der Waals surface area (Å²) in [5, 5.41) is 11.9. The molecule has 1 N–H and O–H groups in total. The monoisotopic (exact) mass is 674 g/mol. The second kappa shape index (κ2) is 19.5. The molecule has 264 valence electrons. The molecule has 0 amide bonds. The largest absolute Gasteiger partial charge is 0.465 e. The van der Waals surface area contributed by atoms with E-state index in [0.717, 1.165) is 68.9 Å². The van der Waals surface area contributed by atoms with Gasteiger partial charge in [-0.25, -0.2) is 0 Å². The van der Waals surface area contributed by atoms with Crippen LogP contribution in [0.4, 0.5) is 0 Å². The number of aliphatic hydroxyl groups excluding tert-OH is 1. The van der Waals surface area contributed by atoms with Gasteiger partial charge in [0.2, 0.25) is 6.29 Å². The fourth-order valence-electron chi connectivity index (χ4n) is 6.54. The molecule has 2 heterocycles. The highest BCUT2D eigenvalue weighted by atomic mass is 35.5. The zero-order valence-corrected chi connectivity index (χ0v) is 30.2. The zero-order chi connectivity index (χ0) is 33.6. The van der Waals surface area contributed by atoms with Crippen molar-refractivity contribution in [3.63, 3.8) is 0 Å². The fraction of sp³-hybridized carbons (Fsp3) is 0.692. The van der Waals surface area contributed by atoms with Crippen LogP contribution in [0.1, 0.15) is 115 Å². The average molecular weight is 675 g/mol. The molecule has 2 aromatic carbocycles. The van der Waals surface area contributed by atoms with Gasteiger partial charge >= 0.3 is 0 Å². The van der Waals surface area contributed by atoms with Gasteiger partial charge in [-0.15, -0.1) is 0 Å². The van der Waals surface area contributed by atoms with E-state index >= 15 is 0 Å². The number of unbranched alkanes of at least 4 members (excludes halogenated alkanes) is 4. The molecular weight excluding hydrogens is 616 g/mol. The molecule has 0 aromatic heterocycles. The predicted octanol–water partition coefficient (Wildman–Crippen LogP) is 8.56. The van der Waals surface area contributed by atoms with E-state index in [9.17, 15) is 5.11 Å². The molecule has 7 nitrogen and oxygen atoms in total. The molecule has 6 atom stereocenters. The number of aryl methyl sites for hydroxylation is 1. The van der Waals surface area contributed by atoms with E-state index in [1.54, 1.807) is 0 Å². The van der Waals surface area contributed by atoms with Crippen molar-refractivity contribution in [2.45, 2.75) is 142 Å². The van der Waals surface area contributed by atoms with Crippen molar-refractivity contribution in [3.8, 4) is 5.75 Å². The van der Waals surface area contributed by atoms with Crippen molar-refractivity contribution >= 4 is 11.6 Å².